The van der Waals surface area contributed by atoms with E-state index in [-0.39, 0.29) is 23.5 Å². The number of nitrogens with zero attached hydrogens (tertiary/aromatic N) is 1. The molecule has 32 heavy (non-hydrogen) atoms. The Morgan fingerprint density at radius 3 is 2.50 bits per heavy atom. The van der Waals surface area contributed by atoms with Gasteiger partial charge in [-0.1, -0.05) is 48.7 Å². The first-order valence-corrected chi connectivity index (χ1v) is 11.8. The Labute approximate surface area is 194 Å². The first-order chi connectivity index (χ1) is 15.4. The van der Waals surface area contributed by atoms with Gasteiger partial charge in [-0.05, 0) is 67.5 Å². The second kappa shape index (κ2) is 9.62. The van der Waals surface area contributed by atoms with E-state index in [0.717, 1.165) is 36.8 Å². The third-order valence-corrected chi connectivity index (χ3v) is 7.33. The van der Waals surface area contributed by atoms with Crippen LogP contribution in [0.25, 0.3) is 0 Å². The Hall–Kier alpha value is -2.40. The molecule has 1 heterocycles. The Bertz CT molecular complexity index is 995. The number of carbonyl (C=O) groups excluding carboxylic acids is 2. The van der Waals surface area contributed by atoms with Crippen LogP contribution in [0.1, 0.15) is 55.2 Å². The van der Waals surface area contributed by atoms with Gasteiger partial charge < -0.3 is 10.2 Å². The van der Waals surface area contributed by atoms with Crippen LogP contribution < -0.4 is 5.32 Å². The molecule has 2 aromatic carbocycles. The van der Waals surface area contributed by atoms with E-state index in [4.69, 9.17) is 11.6 Å². The van der Waals surface area contributed by atoms with Crippen molar-refractivity contribution in [2.75, 3.05) is 13.1 Å². The summed E-state index contributed by atoms with van der Waals surface area (Å²) in [4.78, 5) is 28.2. The zero-order valence-corrected chi connectivity index (χ0v) is 19.3. The summed E-state index contributed by atoms with van der Waals surface area (Å²) < 4.78 is 13.7. The van der Waals surface area contributed by atoms with Gasteiger partial charge >= 0.3 is 0 Å². The summed E-state index contributed by atoms with van der Waals surface area (Å²) in [6.45, 7) is 3.19. The summed E-state index contributed by atoms with van der Waals surface area (Å²) in [5.74, 6) is -0.237. The minimum absolute atomic E-state index is 0.0245. The lowest BCUT2D eigenvalue weighted by Gasteiger charge is -2.38. The Balaban J connectivity index is 1.35. The van der Waals surface area contributed by atoms with Crippen LogP contribution in [-0.4, -0.2) is 29.8 Å². The molecule has 2 aliphatic rings. The van der Waals surface area contributed by atoms with E-state index in [9.17, 15) is 14.0 Å². The van der Waals surface area contributed by atoms with Gasteiger partial charge in [0.25, 0.3) is 0 Å². The zero-order valence-electron chi connectivity index (χ0n) is 18.5. The summed E-state index contributed by atoms with van der Waals surface area (Å²) in [5, 5.41) is 3.59. The average molecular weight is 457 g/mol. The van der Waals surface area contributed by atoms with Crippen molar-refractivity contribution >= 4 is 23.4 Å². The smallest absolute Gasteiger partial charge is 0.233 e. The molecule has 1 N–H and O–H groups in total. The van der Waals surface area contributed by atoms with E-state index in [1.54, 1.807) is 13.0 Å². The van der Waals surface area contributed by atoms with Gasteiger partial charge in [-0.2, -0.15) is 0 Å². The van der Waals surface area contributed by atoms with Crippen molar-refractivity contribution in [3.8, 4) is 0 Å². The number of benzene rings is 2. The summed E-state index contributed by atoms with van der Waals surface area (Å²) >= 11 is 6.23. The third kappa shape index (κ3) is 4.68. The maximum atomic E-state index is 13.7. The van der Waals surface area contributed by atoms with E-state index in [1.807, 2.05) is 35.2 Å². The topological polar surface area (TPSA) is 49.4 Å². The third-order valence-electron chi connectivity index (χ3n) is 7.10. The van der Waals surface area contributed by atoms with E-state index in [0.29, 0.717) is 43.1 Å². The molecule has 0 unspecified atom stereocenters. The maximum absolute atomic E-state index is 13.7. The molecule has 0 spiro atoms. The molecule has 0 bridgehead atoms. The van der Waals surface area contributed by atoms with Crippen LogP contribution in [0, 0.1) is 18.7 Å². The first kappa shape index (κ1) is 22.8. The van der Waals surface area contributed by atoms with Crippen molar-refractivity contribution in [3.63, 3.8) is 0 Å². The largest absolute Gasteiger partial charge is 0.352 e. The lowest BCUT2D eigenvalue weighted by molar-refractivity contribution is -0.140. The van der Waals surface area contributed by atoms with Gasteiger partial charge in [-0.3, -0.25) is 9.59 Å². The molecule has 2 fully saturated rings. The fourth-order valence-electron chi connectivity index (χ4n) is 5.12. The SMILES string of the molecule is Cc1ccc(CNC(=O)C2CCN(C(=O)C3(c4cccc(Cl)c4)CCCC3)CC2)cc1F. The van der Waals surface area contributed by atoms with Gasteiger partial charge in [0.15, 0.2) is 0 Å². The number of rotatable bonds is 5. The lowest BCUT2D eigenvalue weighted by atomic mass is 9.77. The van der Waals surface area contributed by atoms with Crippen LogP contribution in [0.15, 0.2) is 42.5 Å². The highest BCUT2D eigenvalue weighted by Crippen LogP contribution is 2.43. The van der Waals surface area contributed by atoms with E-state index in [1.165, 1.54) is 6.07 Å². The van der Waals surface area contributed by atoms with Crippen molar-refractivity contribution < 1.29 is 14.0 Å². The monoisotopic (exact) mass is 456 g/mol. The van der Waals surface area contributed by atoms with Crippen molar-refractivity contribution in [3.05, 3.63) is 70.0 Å². The second-order valence-corrected chi connectivity index (χ2v) is 9.60. The highest BCUT2D eigenvalue weighted by Gasteiger charge is 2.45. The lowest BCUT2D eigenvalue weighted by Crippen LogP contribution is -2.50. The summed E-state index contributed by atoms with van der Waals surface area (Å²) in [7, 11) is 0. The quantitative estimate of drug-likeness (QED) is 0.676. The predicted octanol–water partition coefficient (Wildman–Crippen LogP) is 5.15. The fourth-order valence-corrected chi connectivity index (χ4v) is 5.31. The molecule has 1 aliphatic carbocycles. The van der Waals surface area contributed by atoms with Gasteiger partial charge in [0.1, 0.15) is 5.82 Å². The molecule has 0 radical (unpaired) electrons. The zero-order chi connectivity index (χ0) is 22.7. The first-order valence-electron chi connectivity index (χ1n) is 11.5. The molecule has 0 aromatic heterocycles. The summed E-state index contributed by atoms with van der Waals surface area (Å²) in [6, 6.07) is 12.7. The van der Waals surface area contributed by atoms with Gasteiger partial charge in [0.05, 0.1) is 5.41 Å². The Kier molecular flexibility index (Phi) is 6.85. The van der Waals surface area contributed by atoms with Gasteiger partial charge in [-0.25, -0.2) is 4.39 Å². The highest BCUT2D eigenvalue weighted by molar-refractivity contribution is 6.30. The molecule has 170 valence electrons. The molecular weight excluding hydrogens is 427 g/mol. The van der Waals surface area contributed by atoms with Crippen LogP contribution in [-0.2, 0) is 21.5 Å². The molecule has 1 saturated heterocycles. The van der Waals surface area contributed by atoms with Crippen LogP contribution >= 0.6 is 11.6 Å². The molecule has 1 saturated carbocycles. The minimum atomic E-state index is -0.491. The molecular formula is C26H30ClFN2O2. The van der Waals surface area contributed by atoms with Crippen molar-refractivity contribution in [1.82, 2.24) is 10.2 Å². The summed E-state index contributed by atoms with van der Waals surface area (Å²) in [6.07, 6.45) is 5.06. The summed E-state index contributed by atoms with van der Waals surface area (Å²) in [5.41, 5.74) is 1.86. The van der Waals surface area contributed by atoms with Crippen molar-refractivity contribution in [2.24, 2.45) is 5.92 Å². The van der Waals surface area contributed by atoms with E-state index < -0.39 is 5.41 Å². The Morgan fingerprint density at radius 1 is 1.12 bits per heavy atom. The highest BCUT2D eigenvalue weighted by atomic mass is 35.5. The van der Waals surface area contributed by atoms with E-state index >= 15 is 0 Å². The van der Waals surface area contributed by atoms with Crippen LogP contribution in [0.5, 0.6) is 0 Å². The number of hydrogen-bond acceptors (Lipinski definition) is 2. The van der Waals surface area contributed by atoms with Crippen molar-refractivity contribution in [1.29, 1.82) is 0 Å². The number of nitrogens with one attached hydrogen (secondary N) is 1. The molecule has 4 nitrogen and oxygen atoms in total. The number of piperidine rings is 1. The molecule has 6 heteroatoms. The molecule has 1 aliphatic heterocycles. The minimum Gasteiger partial charge on any atom is -0.352 e. The van der Waals surface area contributed by atoms with Gasteiger partial charge in [0, 0.05) is 30.6 Å². The fraction of sp³-hybridized carbons (Fsp3) is 0.462. The van der Waals surface area contributed by atoms with Crippen LogP contribution in [0.3, 0.4) is 0 Å². The van der Waals surface area contributed by atoms with Gasteiger partial charge in [0.2, 0.25) is 11.8 Å². The number of aryl methyl sites for hydroxylation is 1. The normalized spacial score (nSPS) is 18.5. The van der Waals surface area contributed by atoms with Crippen LogP contribution in [0.4, 0.5) is 4.39 Å². The number of carbonyl (C=O) groups is 2. The Morgan fingerprint density at radius 2 is 1.84 bits per heavy atom. The average Bonchev–Trinajstić information content (AvgIpc) is 3.30. The van der Waals surface area contributed by atoms with Crippen molar-refractivity contribution in [2.45, 2.75) is 57.4 Å². The standard InChI is InChI=1S/C26H30ClFN2O2/c1-18-7-8-19(15-23(18)28)17-29-24(31)20-9-13-30(14-10-20)25(32)26(11-2-3-12-26)21-5-4-6-22(27)16-21/h4-8,15-16,20H,2-3,9-14,17H2,1H3,(H,29,31). The van der Waals surface area contributed by atoms with E-state index in [2.05, 4.69) is 5.32 Å². The number of amides is 2. The molecule has 4 rings (SSSR count). The maximum Gasteiger partial charge on any atom is 0.233 e. The number of halogens is 2. The van der Waals surface area contributed by atoms with Crippen LogP contribution in [0.2, 0.25) is 5.02 Å². The molecule has 0 atom stereocenters. The predicted molar refractivity (Wildman–Crippen MR) is 124 cm³/mol. The number of likely N-dealkylation sites (tertiary alicyclic amines) is 1. The molecule has 2 amide bonds. The van der Waals surface area contributed by atoms with Gasteiger partial charge in [-0.15, -0.1) is 0 Å². The molecule has 2 aromatic rings. The number of hydrogen-bond donors (Lipinski definition) is 1. The second-order valence-electron chi connectivity index (χ2n) is 9.17.